The first-order valence-electron chi connectivity index (χ1n) is 6.69. The SMILES string of the molecule is COc1cccc2c(C(=O)O)cn(S(=O)(=O)c3ccccc3)c12. The topological polar surface area (TPSA) is 85.6 Å². The molecule has 0 bridgehead atoms. The van der Waals surface area contributed by atoms with Gasteiger partial charge in [-0.3, -0.25) is 0 Å². The molecule has 0 aliphatic rings. The van der Waals surface area contributed by atoms with E-state index in [1.54, 1.807) is 36.4 Å². The lowest BCUT2D eigenvalue weighted by molar-refractivity contribution is 0.0699. The van der Waals surface area contributed by atoms with E-state index in [1.807, 2.05) is 0 Å². The molecule has 0 spiro atoms. The van der Waals surface area contributed by atoms with Gasteiger partial charge >= 0.3 is 5.97 Å². The van der Waals surface area contributed by atoms with E-state index < -0.39 is 16.0 Å². The van der Waals surface area contributed by atoms with Crippen molar-refractivity contribution in [1.29, 1.82) is 0 Å². The summed E-state index contributed by atoms with van der Waals surface area (Å²) in [5, 5.41) is 9.65. The van der Waals surface area contributed by atoms with Crippen molar-refractivity contribution < 1.29 is 23.1 Å². The van der Waals surface area contributed by atoms with Gasteiger partial charge in [-0.25, -0.2) is 17.2 Å². The van der Waals surface area contributed by atoms with E-state index in [0.717, 1.165) is 10.2 Å². The van der Waals surface area contributed by atoms with Crippen LogP contribution >= 0.6 is 0 Å². The molecule has 23 heavy (non-hydrogen) atoms. The molecule has 118 valence electrons. The van der Waals surface area contributed by atoms with Gasteiger partial charge in [0.2, 0.25) is 0 Å². The van der Waals surface area contributed by atoms with Gasteiger partial charge in [-0.2, -0.15) is 0 Å². The van der Waals surface area contributed by atoms with Crippen LogP contribution in [-0.4, -0.2) is 30.6 Å². The Balaban J connectivity index is 2.40. The summed E-state index contributed by atoms with van der Waals surface area (Å²) in [6, 6.07) is 12.6. The Kier molecular flexibility index (Phi) is 3.57. The van der Waals surface area contributed by atoms with Crippen LogP contribution in [0.4, 0.5) is 0 Å². The van der Waals surface area contributed by atoms with Gasteiger partial charge in [-0.1, -0.05) is 30.3 Å². The van der Waals surface area contributed by atoms with Crippen molar-refractivity contribution in [2.24, 2.45) is 0 Å². The summed E-state index contributed by atoms with van der Waals surface area (Å²) in [5.74, 6) is -0.917. The molecule has 0 atom stereocenters. The lowest BCUT2D eigenvalue weighted by atomic mass is 10.1. The second-order valence-electron chi connectivity index (χ2n) is 4.82. The smallest absolute Gasteiger partial charge is 0.337 e. The van der Waals surface area contributed by atoms with Crippen molar-refractivity contribution in [3.05, 3.63) is 60.3 Å². The van der Waals surface area contributed by atoms with E-state index in [0.29, 0.717) is 5.39 Å². The molecule has 0 saturated heterocycles. The molecule has 3 aromatic rings. The highest BCUT2D eigenvalue weighted by atomic mass is 32.2. The lowest BCUT2D eigenvalue weighted by Crippen LogP contribution is -2.12. The summed E-state index contributed by atoms with van der Waals surface area (Å²) < 4.78 is 31.9. The second kappa shape index (κ2) is 5.44. The highest BCUT2D eigenvalue weighted by Gasteiger charge is 2.25. The number of carbonyl (C=O) groups is 1. The second-order valence-corrected chi connectivity index (χ2v) is 6.63. The highest BCUT2D eigenvalue weighted by molar-refractivity contribution is 7.90. The molecular formula is C16H13NO5S. The third-order valence-corrected chi connectivity index (χ3v) is 5.18. The average Bonchev–Trinajstić information content (AvgIpc) is 2.96. The standard InChI is InChI=1S/C16H13NO5S/c1-22-14-9-5-8-12-13(16(18)19)10-17(15(12)14)23(20,21)11-6-3-2-4-7-11/h2-10H,1H3,(H,18,19). The summed E-state index contributed by atoms with van der Waals surface area (Å²) in [6.07, 6.45) is 1.11. The van der Waals surface area contributed by atoms with Gasteiger partial charge in [0.1, 0.15) is 11.3 Å². The molecule has 0 saturated carbocycles. The molecule has 1 N–H and O–H groups in total. The number of rotatable bonds is 4. The molecule has 0 aliphatic carbocycles. The minimum atomic E-state index is -3.94. The first-order valence-corrected chi connectivity index (χ1v) is 8.13. The summed E-state index contributed by atoms with van der Waals surface area (Å²) in [4.78, 5) is 11.5. The zero-order valence-corrected chi connectivity index (χ0v) is 12.9. The first kappa shape index (κ1) is 15.1. The Morgan fingerprint density at radius 1 is 1.09 bits per heavy atom. The Hall–Kier alpha value is -2.80. The van der Waals surface area contributed by atoms with Crippen LogP contribution in [0.25, 0.3) is 10.9 Å². The number of ether oxygens (including phenoxy) is 1. The Morgan fingerprint density at radius 2 is 1.78 bits per heavy atom. The molecule has 0 amide bonds. The fourth-order valence-electron chi connectivity index (χ4n) is 2.45. The molecule has 6 nitrogen and oxygen atoms in total. The molecule has 1 heterocycles. The summed E-state index contributed by atoms with van der Waals surface area (Å²) in [6.45, 7) is 0. The Labute approximate surface area is 132 Å². The van der Waals surface area contributed by atoms with Crippen molar-refractivity contribution >= 4 is 26.9 Å². The summed E-state index contributed by atoms with van der Waals surface area (Å²) in [5.41, 5.74) is 0.106. The largest absolute Gasteiger partial charge is 0.495 e. The Bertz CT molecular complexity index is 990. The third kappa shape index (κ3) is 2.35. The number of benzene rings is 2. The molecule has 1 aromatic heterocycles. The lowest BCUT2D eigenvalue weighted by Gasteiger charge is -2.09. The van der Waals surface area contributed by atoms with Crippen LogP contribution in [0.5, 0.6) is 5.75 Å². The van der Waals surface area contributed by atoms with Crippen LogP contribution in [0.15, 0.2) is 59.6 Å². The van der Waals surface area contributed by atoms with E-state index in [1.165, 1.54) is 19.2 Å². The number of para-hydroxylation sites is 1. The van der Waals surface area contributed by atoms with Gasteiger partial charge in [0.15, 0.2) is 0 Å². The van der Waals surface area contributed by atoms with Crippen LogP contribution in [0.1, 0.15) is 10.4 Å². The van der Waals surface area contributed by atoms with Gasteiger partial charge in [0.05, 0.1) is 17.6 Å². The predicted molar refractivity (Wildman–Crippen MR) is 84.5 cm³/mol. The monoisotopic (exact) mass is 331 g/mol. The fraction of sp³-hybridized carbons (Fsp3) is 0.0625. The quantitative estimate of drug-likeness (QED) is 0.794. The van der Waals surface area contributed by atoms with Crippen molar-refractivity contribution in [2.75, 3.05) is 7.11 Å². The molecule has 7 heteroatoms. The zero-order chi connectivity index (χ0) is 16.6. The highest BCUT2D eigenvalue weighted by Crippen LogP contribution is 2.32. The third-order valence-electron chi connectivity index (χ3n) is 3.51. The van der Waals surface area contributed by atoms with Gasteiger partial charge in [-0.05, 0) is 18.2 Å². The van der Waals surface area contributed by atoms with Crippen molar-refractivity contribution in [2.45, 2.75) is 4.90 Å². The number of hydrogen-bond acceptors (Lipinski definition) is 4. The summed E-state index contributed by atoms with van der Waals surface area (Å²) in [7, 11) is -2.53. The number of carboxylic acid groups (broad SMARTS) is 1. The molecular weight excluding hydrogens is 318 g/mol. The summed E-state index contributed by atoms with van der Waals surface area (Å²) >= 11 is 0. The minimum absolute atomic E-state index is 0.0692. The van der Waals surface area contributed by atoms with Crippen LogP contribution in [0, 0.1) is 0 Å². The molecule has 0 aliphatic heterocycles. The van der Waals surface area contributed by atoms with Crippen molar-refractivity contribution in [1.82, 2.24) is 3.97 Å². The van der Waals surface area contributed by atoms with Gasteiger partial charge in [0.25, 0.3) is 10.0 Å². The average molecular weight is 331 g/mol. The van der Waals surface area contributed by atoms with Crippen LogP contribution < -0.4 is 4.74 Å². The number of hydrogen-bond donors (Lipinski definition) is 1. The minimum Gasteiger partial charge on any atom is -0.495 e. The molecule has 2 aromatic carbocycles. The first-order chi connectivity index (χ1) is 11.0. The van der Waals surface area contributed by atoms with Crippen molar-refractivity contribution in [3.8, 4) is 5.75 Å². The number of aromatic carboxylic acids is 1. The molecule has 3 rings (SSSR count). The van der Waals surface area contributed by atoms with Crippen molar-refractivity contribution in [3.63, 3.8) is 0 Å². The number of carboxylic acids is 1. The van der Waals surface area contributed by atoms with Crippen LogP contribution in [0.2, 0.25) is 0 Å². The van der Waals surface area contributed by atoms with E-state index in [9.17, 15) is 18.3 Å². The van der Waals surface area contributed by atoms with Crippen LogP contribution in [0.3, 0.4) is 0 Å². The maximum Gasteiger partial charge on any atom is 0.337 e. The van der Waals surface area contributed by atoms with Gasteiger partial charge in [-0.15, -0.1) is 0 Å². The normalized spacial score (nSPS) is 11.5. The van der Waals surface area contributed by atoms with E-state index in [-0.39, 0.29) is 21.7 Å². The number of methoxy groups -OCH3 is 1. The molecule has 0 radical (unpaired) electrons. The predicted octanol–water partition coefficient (Wildman–Crippen LogP) is 2.59. The van der Waals surface area contributed by atoms with E-state index >= 15 is 0 Å². The van der Waals surface area contributed by atoms with Gasteiger partial charge in [0, 0.05) is 11.6 Å². The van der Waals surface area contributed by atoms with E-state index in [4.69, 9.17) is 4.74 Å². The zero-order valence-electron chi connectivity index (χ0n) is 12.1. The Morgan fingerprint density at radius 3 is 2.39 bits per heavy atom. The fourth-order valence-corrected chi connectivity index (χ4v) is 3.85. The molecule has 0 unspecified atom stereocenters. The maximum atomic E-state index is 12.9. The maximum absolute atomic E-state index is 12.9. The number of aromatic nitrogens is 1. The van der Waals surface area contributed by atoms with Gasteiger partial charge < -0.3 is 9.84 Å². The van der Waals surface area contributed by atoms with E-state index in [2.05, 4.69) is 0 Å². The molecule has 0 fully saturated rings. The number of fused-ring (bicyclic) bond motifs is 1. The number of nitrogens with zero attached hydrogens (tertiary/aromatic N) is 1. The van der Waals surface area contributed by atoms with Crippen LogP contribution in [-0.2, 0) is 10.0 Å².